The van der Waals surface area contributed by atoms with E-state index in [0.717, 1.165) is 0 Å². The minimum atomic E-state index is -1.25. The highest BCUT2D eigenvalue weighted by Gasteiger charge is 2.38. The molecule has 7 heteroatoms. The molecular weight excluding hydrogens is 334 g/mol. The van der Waals surface area contributed by atoms with Gasteiger partial charge in [0.1, 0.15) is 5.75 Å². The molecule has 0 bridgehead atoms. The van der Waals surface area contributed by atoms with Gasteiger partial charge in [0, 0.05) is 25.7 Å². The van der Waals surface area contributed by atoms with Crippen molar-refractivity contribution in [1.82, 2.24) is 0 Å². The van der Waals surface area contributed by atoms with Crippen LogP contribution >= 0.6 is 11.6 Å². The Morgan fingerprint density at radius 3 is 2.54 bits per heavy atom. The molecule has 1 aromatic carbocycles. The lowest BCUT2D eigenvalue weighted by Gasteiger charge is -2.29. The summed E-state index contributed by atoms with van der Waals surface area (Å²) < 4.78 is 15.7. The molecule has 24 heavy (non-hydrogen) atoms. The summed E-state index contributed by atoms with van der Waals surface area (Å²) in [6.07, 6.45) is 3.65. The summed E-state index contributed by atoms with van der Waals surface area (Å²) in [5.41, 5.74) is 0.399. The van der Waals surface area contributed by atoms with Crippen LogP contribution in [0.4, 0.5) is 5.69 Å². The van der Waals surface area contributed by atoms with Crippen molar-refractivity contribution in [1.29, 1.82) is 0 Å². The third-order valence-corrected chi connectivity index (χ3v) is 3.90. The van der Waals surface area contributed by atoms with Gasteiger partial charge in [0.25, 0.3) is 5.79 Å². The summed E-state index contributed by atoms with van der Waals surface area (Å²) in [6, 6.07) is 5.14. The normalized spacial score (nSPS) is 19.4. The molecule has 2 fully saturated rings. The molecule has 1 aliphatic heterocycles. The van der Waals surface area contributed by atoms with Gasteiger partial charge in [0.2, 0.25) is 0 Å². The molecule has 0 unspecified atom stereocenters. The Morgan fingerprint density at radius 1 is 1.29 bits per heavy atom. The molecule has 128 valence electrons. The summed E-state index contributed by atoms with van der Waals surface area (Å²) in [7, 11) is 0. The third-order valence-electron chi connectivity index (χ3n) is 3.60. The Kier molecular flexibility index (Phi) is 4.41. The standard InChI is InChI=1S/C17H18ClNO5/c1-17(2)23-15(20)12(16(21)24-17)8-19-11-5-6-14(13(18)7-11)22-9-10-3-4-10/h5-8,10,19H,3-4,9H2,1-2H3. The monoisotopic (exact) mass is 351 g/mol. The van der Waals surface area contributed by atoms with E-state index < -0.39 is 17.7 Å². The quantitative estimate of drug-likeness (QED) is 0.498. The van der Waals surface area contributed by atoms with Crippen LogP contribution in [0.25, 0.3) is 0 Å². The average Bonchev–Trinajstić information content (AvgIpc) is 3.28. The molecule has 0 aromatic heterocycles. The van der Waals surface area contributed by atoms with E-state index in [-0.39, 0.29) is 5.57 Å². The van der Waals surface area contributed by atoms with E-state index in [1.54, 1.807) is 18.2 Å². The lowest BCUT2D eigenvalue weighted by Crippen LogP contribution is -2.42. The number of ether oxygens (including phenoxy) is 3. The zero-order valence-electron chi connectivity index (χ0n) is 13.4. The minimum Gasteiger partial charge on any atom is -0.492 e. The van der Waals surface area contributed by atoms with E-state index >= 15 is 0 Å². The largest absolute Gasteiger partial charge is 0.492 e. The first-order chi connectivity index (χ1) is 11.3. The summed E-state index contributed by atoms with van der Waals surface area (Å²) in [5, 5.41) is 3.30. The van der Waals surface area contributed by atoms with E-state index in [2.05, 4.69) is 5.32 Å². The second-order valence-electron chi connectivity index (χ2n) is 6.28. The van der Waals surface area contributed by atoms with Crippen molar-refractivity contribution in [2.24, 2.45) is 5.92 Å². The fourth-order valence-corrected chi connectivity index (χ4v) is 2.37. The first kappa shape index (κ1) is 16.6. The Balaban J connectivity index is 1.66. The first-order valence-electron chi connectivity index (χ1n) is 7.70. The molecule has 0 amide bonds. The zero-order valence-corrected chi connectivity index (χ0v) is 14.2. The number of rotatable bonds is 5. The Hall–Kier alpha value is -2.21. The van der Waals surface area contributed by atoms with Gasteiger partial charge in [-0.1, -0.05) is 11.6 Å². The number of cyclic esters (lactones) is 2. The number of hydrogen-bond acceptors (Lipinski definition) is 6. The van der Waals surface area contributed by atoms with Crippen molar-refractivity contribution < 1.29 is 23.8 Å². The second-order valence-corrected chi connectivity index (χ2v) is 6.69. The fourth-order valence-electron chi connectivity index (χ4n) is 2.13. The Labute approximate surface area is 144 Å². The van der Waals surface area contributed by atoms with Crippen LogP contribution in [0.2, 0.25) is 5.02 Å². The maximum absolute atomic E-state index is 11.8. The molecule has 1 aliphatic carbocycles. The first-order valence-corrected chi connectivity index (χ1v) is 8.07. The van der Waals surface area contributed by atoms with Crippen LogP contribution in [0.5, 0.6) is 5.75 Å². The molecular formula is C17H18ClNO5. The van der Waals surface area contributed by atoms with Gasteiger partial charge < -0.3 is 19.5 Å². The molecule has 1 saturated carbocycles. The lowest BCUT2D eigenvalue weighted by molar-refractivity contribution is -0.222. The Bertz CT molecular complexity index is 687. The molecule has 3 rings (SSSR count). The predicted molar refractivity (Wildman–Crippen MR) is 87.6 cm³/mol. The topological polar surface area (TPSA) is 73.9 Å². The maximum atomic E-state index is 11.8. The fraction of sp³-hybridized carbons (Fsp3) is 0.412. The van der Waals surface area contributed by atoms with Crippen LogP contribution in [-0.4, -0.2) is 24.3 Å². The average molecular weight is 352 g/mol. The minimum absolute atomic E-state index is 0.209. The van der Waals surface area contributed by atoms with E-state index in [0.29, 0.717) is 29.0 Å². The number of anilines is 1. The van der Waals surface area contributed by atoms with Crippen LogP contribution in [0, 0.1) is 5.92 Å². The van der Waals surface area contributed by atoms with E-state index in [1.165, 1.54) is 32.9 Å². The van der Waals surface area contributed by atoms with Crippen LogP contribution in [0.15, 0.2) is 30.0 Å². The highest BCUT2D eigenvalue weighted by atomic mass is 35.5. The molecule has 1 aromatic rings. The summed E-state index contributed by atoms with van der Waals surface area (Å²) in [6.45, 7) is 3.66. The van der Waals surface area contributed by atoms with Gasteiger partial charge in [-0.15, -0.1) is 0 Å². The highest BCUT2D eigenvalue weighted by Crippen LogP contribution is 2.33. The van der Waals surface area contributed by atoms with Gasteiger partial charge in [0.05, 0.1) is 11.6 Å². The number of halogens is 1. The van der Waals surface area contributed by atoms with Crippen LogP contribution in [0.3, 0.4) is 0 Å². The molecule has 2 aliphatic rings. The smallest absolute Gasteiger partial charge is 0.350 e. The van der Waals surface area contributed by atoms with Gasteiger partial charge in [-0.2, -0.15) is 0 Å². The van der Waals surface area contributed by atoms with Crippen molar-refractivity contribution in [3.63, 3.8) is 0 Å². The number of hydrogen-bond donors (Lipinski definition) is 1. The number of esters is 2. The molecule has 0 atom stereocenters. The van der Waals surface area contributed by atoms with E-state index in [1.807, 2.05) is 0 Å². The van der Waals surface area contributed by atoms with Crippen molar-refractivity contribution in [2.75, 3.05) is 11.9 Å². The molecule has 1 N–H and O–H groups in total. The van der Waals surface area contributed by atoms with Gasteiger partial charge in [-0.05, 0) is 37.0 Å². The summed E-state index contributed by atoms with van der Waals surface area (Å²) in [5.74, 6) is -1.48. The third kappa shape index (κ3) is 4.00. The lowest BCUT2D eigenvalue weighted by atomic mass is 10.2. The molecule has 1 heterocycles. The SMILES string of the molecule is CC1(C)OC(=O)C(=CNc2ccc(OCC3CC3)c(Cl)c2)C(=O)O1. The van der Waals surface area contributed by atoms with Crippen molar-refractivity contribution in [2.45, 2.75) is 32.5 Å². The van der Waals surface area contributed by atoms with Crippen LogP contribution in [0.1, 0.15) is 26.7 Å². The van der Waals surface area contributed by atoms with Gasteiger partial charge in [0.15, 0.2) is 5.57 Å². The number of nitrogens with one attached hydrogen (secondary N) is 1. The van der Waals surface area contributed by atoms with Gasteiger partial charge in [-0.3, -0.25) is 0 Å². The van der Waals surface area contributed by atoms with Crippen molar-refractivity contribution >= 4 is 29.2 Å². The number of carbonyl (C=O) groups is 2. The van der Waals surface area contributed by atoms with Gasteiger partial charge >= 0.3 is 11.9 Å². The highest BCUT2D eigenvalue weighted by molar-refractivity contribution is 6.32. The molecule has 0 radical (unpaired) electrons. The molecule has 6 nitrogen and oxygen atoms in total. The maximum Gasteiger partial charge on any atom is 0.350 e. The Morgan fingerprint density at radius 2 is 1.96 bits per heavy atom. The molecule has 1 saturated heterocycles. The van der Waals surface area contributed by atoms with E-state index in [9.17, 15) is 9.59 Å². The summed E-state index contributed by atoms with van der Waals surface area (Å²) >= 11 is 6.18. The van der Waals surface area contributed by atoms with Crippen LogP contribution < -0.4 is 10.1 Å². The van der Waals surface area contributed by atoms with Gasteiger partial charge in [-0.25, -0.2) is 9.59 Å². The number of carbonyl (C=O) groups excluding carboxylic acids is 2. The zero-order chi connectivity index (χ0) is 17.3. The predicted octanol–water partition coefficient (Wildman–Crippen LogP) is 3.26. The summed E-state index contributed by atoms with van der Waals surface area (Å²) in [4.78, 5) is 23.7. The molecule has 0 spiro atoms. The van der Waals surface area contributed by atoms with Crippen LogP contribution in [-0.2, 0) is 19.1 Å². The number of benzene rings is 1. The second kappa shape index (κ2) is 6.36. The van der Waals surface area contributed by atoms with Crippen molar-refractivity contribution in [3.05, 3.63) is 35.0 Å². The van der Waals surface area contributed by atoms with Crippen molar-refractivity contribution in [3.8, 4) is 5.75 Å². The van der Waals surface area contributed by atoms with E-state index in [4.69, 9.17) is 25.8 Å².